The van der Waals surface area contributed by atoms with Gasteiger partial charge in [0.2, 0.25) is 5.91 Å². The molecule has 0 saturated heterocycles. The van der Waals surface area contributed by atoms with Crippen LogP contribution >= 0.6 is 27.7 Å². The maximum absolute atomic E-state index is 11.8. The predicted molar refractivity (Wildman–Crippen MR) is 95.1 cm³/mol. The van der Waals surface area contributed by atoms with E-state index < -0.39 is 0 Å². The molecule has 0 unspecified atom stereocenters. The number of carbonyl (C=O) groups is 1. The van der Waals surface area contributed by atoms with Crippen LogP contribution in [0.2, 0.25) is 0 Å². The summed E-state index contributed by atoms with van der Waals surface area (Å²) in [5.41, 5.74) is 2.27. The minimum Gasteiger partial charge on any atom is -0.497 e. The molecule has 1 N–H and O–H groups in total. The van der Waals surface area contributed by atoms with Crippen LogP contribution in [0.4, 0.5) is 0 Å². The fourth-order valence-electron chi connectivity index (χ4n) is 1.88. The van der Waals surface area contributed by atoms with E-state index in [4.69, 9.17) is 4.74 Å². The molecule has 0 aliphatic carbocycles. The third-order valence-corrected chi connectivity index (χ3v) is 4.54. The Kier molecular flexibility index (Phi) is 6.80. The predicted octanol–water partition coefficient (Wildman–Crippen LogP) is 4.01. The fourth-order valence-corrected chi connectivity index (χ4v) is 3.13. The Hall–Kier alpha value is -1.46. The van der Waals surface area contributed by atoms with Crippen molar-refractivity contribution in [2.75, 3.05) is 12.9 Å². The number of hydrogen-bond acceptors (Lipinski definition) is 3. The largest absolute Gasteiger partial charge is 0.497 e. The van der Waals surface area contributed by atoms with Crippen LogP contribution in [0.5, 0.6) is 5.75 Å². The van der Waals surface area contributed by atoms with Crippen molar-refractivity contribution in [1.82, 2.24) is 5.32 Å². The van der Waals surface area contributed by atoms with Gasteiger partial charge in [-0.05, 0) is 35.4 Å². The number of thioether (sulfide) groups is 1. The van der Waals surface area contributed by atoms with Crippen molar-refractivity contribution in [3.05, 3.63) is 64.1 Å². The second kappa shape index (κ2) is 8.86. The minimum atomic E-state index is 0.0517. The molecule has 5 heteroatoms. The SMILES string of the molecule is COc1ccc(CNC(=O)CSCc2cccc(Br)c2)cc1. The Morgan fingerprint density at radius 2 is 1.95 bits per heavy atom. The van der Waals surface area contributed by atoms with Gasteiger partial charge < -0.3 is 10.1 Å². The molecule has 0 aromatic heterocycles. The lowest BCUT2D eigenvalue weighted by atomic mass is 10.2. The van der Waals surface area contributed by atoms with E-state index in [1.807, 2.05) is 36.4 Å². The average Bonchev–Trinajstić information content (AvgIpc) is 2.53. The van der Waals surface area contributed by atoms with Gasteiger partial charge in [0.15, 0.2) is 0 Å². The van der Waals surface area contributed by atoms with Crippen molar-refractivity contribution in [3.63, 3.8) is 0 Å². The number of amides is 1. The van der Waals surface area contributed by atoms with Gasteiger partial charge in [-0.3, -0.25) is 4.79 Å². The first-order chi connectivity index (χ1) is 10.7. The first-order valence-corrected chi connectivity index (χ1v) is 8.84. The van der Waals surface area contributed by atoms with Gasteiger partial charge in [-0.15, -0.1) is 11.8 Å². The molecule has 2 rings (SSSR count). The molecule has 2 aromatic rings. The number of rotatable bonds is 7. The van der Waals surface area contributed by atoms with Gasteiger partial charge in [-0.2, -0.15) is 0 Å². The van der Waals surface area contributed by atoms with Gasteiger partial charge >= 0.3 is 0 Å². The molecule has 22 heavy (non-hydrogen) atoms. The zero-order valence-corrected chi connectivity index (χ0v) is 14.7. The van der Waals surface area contributed by atoms with Crippen LogP contribution in [0.3, 0.4) is 0 Å². The van der Waals surface area contributed by atoms with Crippen molar-refractivity contribution in [3.8, 4) is 5.75 Å². The molecule has 0 fully saturated rings. The molecule has 0 radical (unpaired) electrons. The molecular formula is C17H18BrNO2S. The van der Waals surface area contributed by atoms with Crippen LogP contribution in [0.25, 0.3) is 0 Å². The zero-order chi connectivity index (χ0) is 15.8. The molecule has 116 valence electrons. The van der Waals surface area contributed by atoms with Crippen molar-refractivity contribution in [2.45, 2.75) is 12.3 Å². The van der Waals surface area contributed by atoms with Crippen LogP contribution in [0.1, 0.15) is 11.1 Å². The molecule has 0 saturated carbocycles. The Morgan fingerprint density at radius 1 is 1.18 bits per heavy atom. The highest BCUT2D eigenvalue weighted by Crippen LogP contribution is 2.17. The van der Waals surface area contributed by atoms with Crippen molar-refractivity contribution < 1.29 is 9.53 Å². The third kappa shape index (κ3) is 5.73. The summed E-state index contributed by atoms with van der Waals surface area (Å²) in [5, 5.41) is 2.92. The van der Waals surface area contributed by atoms with E-state index in [9.17, 15) is 4.79 Å². The summed E-state index contributed by atoms with van der Waals surface area (Å²) in [6, 6.07) is 15.8. The molecule has 3 nitrogen and oxygen atoms in total. The van der Waals surface area contributed by atoms with Gasteiger partial charge in [0.1, 0.15) is 5.75 Å². The number of carbonyl (C=O) groups excluding carboxylic acids is 1. The molecule has 0 heterocycles. The number of hydrogen-bond donors (Lipinski definition) is 1. The van der Waals surface area contributed by atoms with Gasteiger partial charge in [0, 0.05) is 16.8 Å². The van der Waals surface area contributed by atoms with Crippen LogP contribution in [0, 0.1) is 0 Å². The van der Waals surface area contributed by atoms with Crippen LogP contribution in [0.15, 0.2) is 53.0 Å². The molecule has 1 amide bonds. The average molecular weight is 380 g/mol. The van der Waals surface area contributed by atoms with Gasteiger partial charge in [0.05, 0.1) is 12.9 Å². The summed E-state index contributed by atoms with van der Waals surface area (Å²) in [4.78, 5) is 11.8. The van der Waals surface area contributed by atoms with E-state index >= 15 is 0 Å². The lowest BCUT2D eigenvalue weighted by Crippen LogP contribution is -2.24. The molecule has 2 aromatic carbocycles. The number of halogens is 1. The summed E-state index contributed by atoms with van der Waals surface area (Å²) >= 11 is 5.06. The summed E-state index contributed by atoms with van der Waals surface area (Å²) in [7, 11) is 1.64. The zero-order valence-electron chi connectivity index (χ0n) is 12.3. The summed E-state index contributed by atoms with van der Waals surface area (Å²) < 4.78 is 6.17. The molecule has 0 aliphatic heterocycles. The first-order valence-electron chi connectivity index (χ1n) is 6.89. The lowest BCUT2D eigenvalue weighted by Gasteiger charge is -2.06. The molecule has 0 atom stereocenters. The van der Waals surface area contributed by atoms with Gasteiger partial charge in [-0.1, -0.05) is 40.2 Å². The number of nitrogens with one attached hydrogen (secondary N) is 1. The van der Waals surface area contributed by atoms with E-state index in [1.54, 1.807) is 18.9 Å². The first kappa shape index (κ1) is 16.9. The second-order valence-electron chi connectivity index (χ2n) is 4.75. The van der Waals surface area contributed by atoms with Crippen LogP contribution < -0.4 is 10.1 Å². The standard InChI is InChI=1S/C17H18BrNO2S/c1-21-16-7-5-13(6-8-16)10-19-17(20)12-22-11-14-3-2-4-15(18)9-14/h2-9H,10-12H2,1H3,(H,19,20). The molecule has 0 spiro atoms. The third-order valence-electron chi connectivity index (χ3n) is 3.04. The Bertz CT molecular complexity index is 616. The maximum Gasteiger partial charge on any atom is 0.230 e. The normalized spacial score (nSPS) is 10.3. The number of methoxy groups -OCH3 is 1. The minimum absolute atomic E-state index is 0.0517. The van der Waals surface area contributed by atoms with E-state index in [1.165, 1.54) is 5.56 Å². The van der Waals surface area contributed by atoms with Crippen molar-refractivity contribution >= 4 is 33.6 Å². The Balaban J connectivity index is 1.69. The smallest absolute Gasteiger partial charge is 0.230 e. The fraction of sp³-hybridized carbons (Fsp3) is 0.235. The molecule has 0 aliphatic rings. The van der Waals surface area contributed by atoms with Gasteiger partial charge in [-0.25, -0.2) is 0 Å². The number of benzene rings is 2. The highest BCUT2D eigenvalue weighted by Gasteiger charge is 2.03. The summed E-state index contributed by atoms with van der Waals surface area (Å²) in [6.07, 6.45) is 0. The Labute approximate surface area is 143 Å². The van der Waals surface area contributed by atoms with E-state index in [0.717, 1.165) is 21.5 Å². The molecular weight excluding hydrogens is 362 g/mol. The highest BCUT2D eigenvalue weighted by molar-refractivity contribution is 9.10. The topological polar surface area (TPSA) is 38.3 Å². The van der Waals surface area contributed by atoms with Gasteiger partial charge in [0.25, 0.3) is 0 Å². The Morgan fingerprint density at radius 3 is 2.64 bits per heavy atom. The van der Waals surface area contributed by atoms with Crippen LogP contribution in [-0.4, -0.2) is 18.8 Å². The second-order valence-corrected chi connectivity index (χ2v) is 6.65. The maximum atomic E-state index is 11.8. The summed E-state index contributed by atoms with van der Waals surface area (Å²) in [6.45, 7) is 0.542. The van der Waals surface area contributed by atoms with Crippen molar-refractivity contribution in [1.29, 1.82) is 0 Å². The van der Waals surface area contributed by atoms with Crippen molar-refractivity contribution in [2.24, 2.45) is 0 Å². The van der Waals surface area contributed by atoms with E-state index in [0.29, 0.717) is 12.3 Å². The van der Waals surface area contributed by atoms with E-state index in [-0.39, 0.29) is 5.91 Å². The summed E-state index contributed by atoms with van der Waals surface area (Å²) in [5.74, 6) is 2.16. The monoisotopic (exact) mass is 379 g/mol. The van der Waals surface area contributed by atoms with E-state index in [2.05, 4.69) is 33.4 Å². The quantitative estimate of drug-likeness (QED) is 0.789. The highest BCUT2D eigenvalue weighted by atomic mass is 79.9. The van der Waals surface area contributed by atoms with Crippen LogP contribution in [-0.2, 0) is 17.1 Å². The lowest BCUT2D eigenvalue weighted by molar-refractivity contribution is -0.118. The number of ether oxygens (including phenoxy) is 1. The molecule has 0 bridgehead atoms.